The zero-order valence-corrected chi connectivity index (χ0v) is 19.2. The van der Waals surface area contributed by atoms with Gasteiger partial charge in [0, 0.05) is 30.5 Å². The average Bonchev–Trinajstić information content (AvgIpc) is 2.69. The molecule has 1 aromatic carbocycles. The van der Waals surface area contributed by atoms with Gasteiger partial charge in [-0.1, -0.05) is 50.6 Å². The molecule has 0 saturated heterocycles. The number of amides is 2. The fourth-order valence-electron chi connectivity index (χ4n) is 5.94. The molecule has 1 aromatic rings. The van der Waals surface area contributed by atoms with Crippen molar-refractivity contribution in [2.24, 2.45) is 29.1 Å². The molecular weight excluding hydrogens is 400 g/mol. The largest absolute Gasteiger partial charge is 0.392 e. The third-order valence-corrected chi connectivity index (χ3v) is 8.11. The Kier molecular flexibility index (Phi) is 7.13. The lowest BCUT2D eigenvalue weighted by molar-refractivity contribution is -0.143. The topological polar surface area (TPSA) is 78.4 Å². The summed E-state index contributed by atoms with van der Waals surface area (Å²) in [5.41, 5.74) is 0.938. The fraction of sp³-hybridized carbons (Fsp3) is 0.667. The molecule has 6 heteroatoms. The van der Waals surface area contributed by atoms with Gasteiger partial charge >= 0.3 is 0 Å². The van der Waals surface area contributed by atoms with Crippen LogP contribution in [0.15, 0.2) is 24.3 Å². The summed E-state index contributed by atoms with van der Waals surface area (Å²) in [6, 6.07) is 7.57. The normalized spacial score (nSPS) is 34.5. The van der Waals surface area contributed by atoms with E-state index < -0.39 is 6.10 Å². The van der Waals surface area contributed by atoms with Crippen molar-refractivity contribution in [3.05, 3.63) is 34.9 Å². The van der Waals surface area contributed by atoms with Gasteiger partial charge in [-0.2, -0.15) is 0 Å². The van der Waals surface area contributed by atoms with Gasteiger partial charge in [0.2, 0.25) is 11.8 Å². The van der Waals surface area contributed by atoms with Crippen LogP contribution < -0.4 is 10.6 Å². The van der Waals surface area contributed by atoms with Crippen LogP contribution in [0.2, 0.25) is 5.02 Å². The lowest BCUT2D eigenvalue weighted by atomic mass is 9.51. The number of carbonyl (C=O) groups is 2. The molecule has 30 heavy (non-hydrogen) atoms. The zero-order valence-electron chi connectivity index (χ0n) is 18.5. The number of aliphatic hydroxyl groups excluding tert-OH is 1. The molecule has 2 aliphatic rings. The summed E-state index contributed by atoms with van der Waals surface area (Å²) in [4.78, 5) is 24.5. The van der Waals surface area contributed by atoms with Crippen molar-refractivity contribution in [3.63, 3.8) is 0 Å². The van der Waals surface area contributed by atoms with Crippen molar-refractivity contribution in [2.75, 3.05) is 0 Å². The van der Waals surface area contributed by atoms with E-state index in [-0.39, 0.29) is 46.9 Å². The summed E-state index contributed by atoms with van der Waals surface area (Å²) in [7, 11) is 0. The van der Waals surface area contributed by atoms with Crippen LogP contribution in [0.5, 0.6) is 0 Å². The highest BCUT2D eigenvalue weighted by atomic mass is 35.5. The average molecular weight is 435 g/mol. The molecule has 0 heterocycles. The number of fused-ring (bicyclic) bond motifs is 1. The number of nitrogens with one attached hydrogen (secondary N) is 2. The molecule has 0 spiro atoms. The van der Waals surface area contributed by atoms with Crippen molar-refractivity contribution in [1.82, 2.24) is 10.6 Å². The lowest BCUT2D eigenvalue weighted by Crippen LogP contribution is -2.58. The number of aliphatic hydroxyl groups is 1. The van der Waals surface area contributed by atoms with Crippen LogP contribution in [0.1, 0.15) is 58.9 Å². The molecule has 7 unspecified atom stereocenters. The molecule has 166 valence electrons. The lowest BCUT2D eigenvalue weighted by Gasteiger charge is -2.56. The van der Waals surface area contributed by atoms with Crippen molar-refractivity contribution < 1.29 is 14.7 Å². The number of benzene rings is 1. The van der Waals surface area contributed by atoms with Crippen LogP contribution in [-0.4, -0.2) is 29.1 Å². The molecule has 2 aliphatic carbocycles. The molecule has 3 rings (SSSR count). The van der Waals surface area contributed by atoms with Gasteiger partial charge in [-0.25, -0.2) is 0 Å². The predicted molar refractivity (Wildman–Crippen MR) is 119 cm³/mol. The minimum absolute atomic E-state index is 0.0235. The monoisotopic (exact) mass is 434 g/mol. The Morgan fingerprint density at radius 3 is 2.60 bits per heavy atom. The molecule has 0 aliphatic heterocycles. The summed E-state index contributed by atoms with van der Waals surface area (Å²) < 4.78 is 0. The van der Waals surface area contributed by atoms with E-state index in [2.05, 4.69) is 24.5 Å². The molecule has 3 N–H and O–H groups in total. The van der Waals surface area contributed by atoms with E-state index in [4.69, 9.17) is 11.6 Å². The molecule has 2 fully saturated rings. The molecule has 0 bridgehead atoms. The van der Waals surface area contributed by atoms with E-state index in [9.17, 15) is 14.7 Å². The fourth-order valence-corrected chi connectivity index (χ4v) is 6.14. The van der Waals surface area contributed by atoms with Gasteiger partial charge in [-0.15, -0.1) is 0 Å². The highest BCUT2D eigenvalue weighted by molar-refractivity contribution is 6.31. The van der Waals surface area contributed by atoms with E-state index in [0.717, 1.165) is 31.2 Å². The van der Waals surface area contributed by atoms with Crippen LogP contribution in [0, 0.1) is 29.1 Å². The second-order valence-electron chi connectivity index (χ2n) is 9.68. The van der Waals surface area contributed by atoms with Crippen LogP contribution in [0.25, 0.3) is 0 Å². The van der Waals surface area contributed by atoms with E-state index in [1.165, 1.54) is 0 Å². The van der Waals surface area contributed by atoms with Crippen LogP contribution in [-0.2, 0) is 16.1 Å². The number of carbonyl (C=O) groups excluding carboxylic acids is 2. The summed E-state index contributed by atoms with van der Waals surface area (Å²) in [6.07, 6.45) is 3.21. The van der Waals surface area contributed by atoms with E-state index in [0.29, 0.717) is 11.6 Å². The number of halogens is 1. The Morgan fingerprint density at radius 2 is 1.93 bits per heavy atom. The third-order valence-electron chi connectivity index (χ3n) is 7.74. The summed E-state index contributed by atoms with van der Waals surface area (Å²) in [6.45, 7) is 8.24. The van der Waals surface area contributed by atoms with Crippen LogP contribution >= 0.6 is 11.6 Å². The minimum atomic E-state index is -0.559. The van der Waals surface area contributed by atoms with Crippen LogP contribution in [0.4, 0.5) is 0 Å². The van der Waals surface area contributed by atoms with Crippen molar-refractivity contribution in [3.8, 4) is 0 Å². The van der Waals surface area contributed by atoms with Gasteiger partial charge in [-0.05, 0) is 60.5 Å². The van der Waals surface area contributed by atoms with Gasteiger partial charge in [0.05, 0.1) is 6.10 Å². The SMILES string of the molecule is CC(=O)NC1CCC2(C)CCC(C(C)C(=O)NCc3ccccc3Cl)C(O)C2C1C. The van der Waals surface area contributed by atoms with Gasteiger partial charge in [0.1, 0.15) is 0 Å². The first-order valence-corrected chi connectivity index (χ1v) is 11.5. The standard InChI is InChI=1S/C24H35ClN2O3/c1-14(23(30)26-13-17-7-5-6-8-19(17)25)18-9-11-24(4)12-10-20(27-16(3)28)15(2)21(24)22(18)29/h5-8,14-15,18,20-22,29H,9-13H2,1-4H3,(H,26,30)(H,27,28). The minimum Gasteiger partial charge on any atom is -0.392 e. The smallest absolute Gasteiger partial charge is 0.223 e. The first kappa shape index (κ1) is 23.1. The molecule has 2 saturated carbocycles. The number of rotatable bonds is 5. The Labute approximate surface area is 185 Å². The van der Waals surface area contributed by atoms with E-state index >= 15 is 0 Å². The third kappa shape index (κ3) is 4.67. The summed E-state index contributed by atoms with van der Waals surface area (Å²) in [5.74, 6) is -0.216. The second kappa shape index (κ2) is 9.27. The van der Waals surface area contributed by atoms with Gasteiger partial charge in [0.15, 0.2) is 0 Å². The van der Waals surface area contributed by atoms with Gasteiger partial charge < -0.3 is 15.7 Å². The Balaban J connectivity index is 1.68. The highest BCUT2D eigenvalue weighted by Crippen LogP contribution is 2.55. The van der Waals surface area contributed by atoms with E-state index in [1.807, 2.05) is 31.2 Å². The predicted octanol–water partition coefficient (Wildman–Crippen LogP) is 3.92. The van der Waals surface area contributed by atoms with Crippen molar-refractivity contribution in [2.45, 2.75) is 72.1 Å². The maximum atomic E-state index is 12.9. The maximum absolute atomic E-state index is 12.9. The highest BCUT2D eigenvalue weighted by Gasteiger charge is 2.53. The second-order valence-corrected chi connectivity index (χ2v) is 10.1. The Morgan fingerprint density at radius 1 is 1.27 bits per heavy atom. The molecule has 0 aromatic heterocycles. The molecular formula is C24H35ClN2O3. The van der Waals surface area contributed by atoms with E-state index in [1.54, 1.807) is 6.92 Å². The van der Waals surface area contributed by atoms with Crippen molar-refractivity contribution in [1.29, 1.82) is 0 Å². The first-order chi connectivity index (χ1) is 14.1. The zero-order chi connectivity index (χ0) is 22.1. The number of hydrogen-bond acceptors (Lipinski definition) is 3. The Hall–Kier alpha value is -1.59. The van der Waals surface area contributed by atoms with Crippen molar-refractivity contribution >= 4 is 23.4 Å². The molecule has 0 radical (unpaired) electrons. The molecule has 5 nitrogen and oxygen atoms in total. The summed E-state index contributed by atoms with van der Waals surface area (Å²) in [5, 5.41) is 18.1. The Bertz CT molecular complexity index is 785. The van der Waals surface area contributed by atoms with Gasteiger partial charge in [-0.3, -0.25) is 9.59 Å². The van der Waals surface area contributed by atoms with Gasteiger partial charge in [0.25, 0.3) is 0 Å². The quantitative estimate of drug-likeness (QED) is 0.657. The van der Waals surface area contributed by atoms with Crippen LogP contribution in [0.3, 0.4) is 0 Å². The first-order valence-electron chi connectivity index (χ1n) is 11.1. The maximum Gasteiger partial charge on any atom is 0.223 e. The number of hydrogen-bond donors (Lipinski definition) is 3. The molecule has 2 amide bonds. The molecule has 7 atom stereocenters. The summed E-state index contributed by atoms with van der Waals surface area (Å²) >= 11 is 6.20.